The Labute approximate surface area is 180 Å². The smallest absolute Gasteiger partial charge is 0.257 e. The van der Waals surface area contributed by atoms with E-state index in [1.807, 2.05) is 48.9 Å². The van der Waals surface area contributed by atoms with Gasteiger partial charge in [-0.3, -0.25) is 9.59 Å². The minimum atomic E-state index is -0.0389. The van der Waals surface area contributed by atoms with Crippen molar-refractivity contribution in [3.63, 3.8) is 0 Å². The van der Waals surface area contributed by atoms with Gasteiger partial charge in [-0.15, -0.1) is 0 Å². The zero-order valence-electron chi connectivity index (χ0n) is 17.0. The summed E-state index contributed by atoms with van der Waals surface area (Å²) in [6.45, 7) is 5.76. The molecular formula is C23H23ClN4O2. The molecular weight excluding hydrogens is 400 g/mol. The Hall–Kier alpha value is -3.12. The Morgan fingerprint density at radius 3 is 2.00 bits per heavy atom. The number of carbonyl (C=O) groups excluding carboxylic acids is 2. The lowest BCUT2D eigenvalue weighted by atomic mass is 10.1. The first-order valence-electron chi connectivity index (χ1n) is 9.91. The van der Waals surface area contributed by atoms with E-state index < -0.39 is 0 Å². The highest BCUT2D eigenvalue weighted by Crippen LogP contribution is 2.21. The molecule has 7 heteroatoms. The summed E-state index contributed by atoms with van der Waals surface area (Å²) in [6, 6.07) is 16.7. The Morgan fingerprint density at radius 2 is 1.40 bits per heavy atom. The molecule has 30 heavy (non-hydrogen) atoms. The van der Waals surface area contributed by atoms with Crippen LogP contribution < -0.4 is 0 Å². The molecule has 6 nitrogen and oxygen atoms in total. The zero-order chi connectivity index (χ0) is 21.3. The van der Waals surface area contributed by atoms with Crippen LogP contribution in [0.3, 0.4) is 0 Å². The molecule has 1 aromatic heterocycles. The van der Waals surface area contributed by atoms with Crippen LogP contribution >= 0.6 is 11.6 Å². The molecule has 3 aromatic rings. The summed E-state index contributed by atoms with van der Waals surface area (Å²) in [5.74, 6) is -0.0752. The molecule has 1 saturated heterocycles. The Balaban J connectivity index is 1.47. The first-order valence-corrected chi connectivity index (χ1v) is 10.3. The second-order valence-corrected chi connectivity index (χ2v) is 7.82. The van der Waals surface area contributed by atoms with Crippen molar-refractivity contribution >= 4 is 23.4 Å². The third-order valence-corrected chi connectivity index (χ3v) is 5.70. The number of aromatic nitrogens is 2. The summed E-state index contributed by atoms with van der Waals surface area (Å²) in [5, 5.41) is 5.18. The lowest BCUT2D eigenvalue weighted by Gasteiger charge is -2.35. The zero-order valence-corrected chi connectivity index (χ0v) is 17.8. The van der Waals surface area contributed by atoms with Crippen LogP contribution in [0.5, 0.6) is 0 Å². The van der Waals surface area contributed by atoms with Crippen LogP contribution in [0.4, 0.5) is 0 Å². The third kappa shape index (κ3) is 3.83. The van der Waals surface area contributed by atoms with Gasteiger partial charge in [-0.1, -0.05) is 29.8 Å². The van der Waals surface area contributed by atoms with Crippen LogP contribution in [0.1, 0.15) is 32.1 Å². The van der Waals surface area contributed by atoms with E-state index >= 15 is 0 Å². The van der Waals surface area contributed by atoms with Crippen molar-refractivity contribution in [1.82, 2.24) is 19.6 Å². The molecule has 0 N–H and O–H groups in total. The minimum absolute atomic E-state index is 0.0363. The van der Waals surface area contributed by atoms with Gasteiger partial charge in [0.2, 0.25) is 0 Å². The highest BCUT2D eigenvalue weighted by Gasteiger charge is 2.29. The molecule has 1 fully saturated rings. The molecule has 1 aliphatic heterocycles. The molecule has 0 radical (unpaired) electrons. The van der Waals surface area contributed by atoms with E-state index in [9.17, 15) is 9.59 Å². The van der Waals surface area contributed by atoms with E-state index in [1.54, 1.807) is 34.1 Å². The fraction of sp³-hybridized carbons (Fsp3) is 0.261. The monoisotopic (exact) mass is 422 g/mol. The largest absolute Gasteiger partial charge is 0.335 e. The van der Waals surface area contributed by atoms with Crippen molar-refractivity contribution in [2.24, 2.45) is 0 Å². The first-order chi connectivity index (χ1) is 14.5. The van der Waals surface area contributed by atoms with Crippen molar-refractivity contribution in [1.29, 1.82) is 0 Å². The Kier molecular flexibility index (Phi) is 5.59. The van der Waals surface area contributed by atoms with Gasteiger partial charge >= 0.3 is 0 Å². The van der Waals surface area contributed by atoms with Crippen molar-refractivity contribution in [2.75, 3.05) is 26.2 Å². The van der Waals surface area contributed by atoms with Gasteiger partial charge in [-0.2, -0.15) is 5.10 Å². The summed E-state index contributed by atoms with van der Waals surface area (Å²) in [4.78, 5) is 29.5. The van der Waals surface area contributed by atoms with Crippen LogP contribution in [0.2, 0.25) is 5.02 Å². The molecule has 4 rings (SSSR count). The van der Waals surface area contributed by atoms with E-state index in [2.05, 4.69) is 5.10 Å². The molecule has 0 unspecified atom stereocenters. The number of nitrogens with zero attached hydrogens (tertiary/aromatic N) is 4. The summed E-state index contributed by atoms with van der Waals surface area (Å²) < 4.78 is 1.81. The normalized spacial score (nSPS) is 14.1. The standard InChI is InChI=1S/C23H23ClN4O2/c1-16-21(17(2)28(25-16)20-6-4-3-5-7-20)23(30)27-14-12-26(13-15-27)22(29)18-8-10-19(24)11-9-18/h3-11H,12-15H2,1-2H3. The molecule has 0 aliphatic carbocycles. The average Bonchev–Trinajstić information content (AvgIpc) is 3.08. The molecule has 1 aliphatic rings. The predicted octanol–water partition coefficient (Wildman–Crippen LogP) is 3.74. The second kappa shape index (κ2) is 8.32. The maximum Gasteiger partial charge on any atom is 0.257 e. The SMILES string of the molecule is Cc1nn(-c2ccccc2)c(C)c1C(=O)N1CCN(C(=O)c2ccc(Cl)cc2)CC1. The molecule has 0 saturated carbocycles. The van der Waals surface area contributed by atoms with Gasteiger partial charge < -0.3 is 9.80 Å². The van der Waals surface area contributed by atoms with Gasteiger partial charge in [-0.25, -0.2) is 4.68 Å². The quantitative estimate of drug-likeness (QED) is 0.646. The lowest BCUT2D eigenvalue weighted by Crippen LogP contribution is -2.50. The molecule has 2 amide bonds. The first kappa shape index (κ1) is 20.2. The van der Waals surface area contributed by atoms with Gasteiger partial charge in [0, 0.05) is 36.8 Å². The maximum atomic E-state index is 13.2. The van der Waals surface area contributed by atoms with Gasteiger partial charge in [0.1, 0.15) is 0 Å². The van der Waals surface area contributed by atoms with E-state index in [4.69, 9.17) is 11.6 Å². The van der Waals surface area contributed by atoms with Crippen LogP contribution in [-0.2, 0) is 0 Å². The van der Waals surface area contributed by atoms with Crippen LogP contribution in [-0.4, -0.2) is 57.6 Å². The van der Waals surface area contributed by atoms with Crippen molar-refractivity contribution in [2.45, 2.75) is 13.8 Å². The van der Waals surface area contributed by atoms with Crippen molar-refractivity contribution in [3.8, 4) is 5.69 Å². The summed E-state index contributed by atoms with van der Waals surface area (Å²) >= 11 is 5.90. The topological polar surface area (TPSA) is 58.4 Å². The number of amides is 2. The van der Waals surface area contributed by atoms with E-state index in [1.165, 1.54) is 0 Å². The van der Waals surface area contributed by atoms with Gasteiger partial charge in [0.05, 0.1) is 22.6 Å². The molecule has 2 heterocycles. The summed E-state index contributed by atoms with van der Waals surface area (Å²) in [7, 11) is 0. The summed E-state index contributed by atoms with van der Waals surface area (Å²) in [6.07, 6.45) is 0. The molecule has 154 valence electrons. The lowest BCUT2D eigenvalue weighted by molar-refractivity contribution is 0.0534. The number of halogens is 1. The van der Waals surface area contributed by atoms with Gasteiger partial charge in [-0.05, 0) is 50.2 Å². The van der Waals surface area contributed by atoms with Crippen LogP contribution in [0.15, 0.2) is 54.6 Å². The van der Waals surface area contributed by atoms with Crippen molar-refractivity contribution in [3.05, 3.63) is 82.1 Å². The Morgan fingerprint density at radius 1 is 0.833 bits per heavy atom. The number of hydrogen-bond acceptors (Lipinski definition) is 3. The number of hydrogen-bond donors (Lipinski definition) is 0. The summed E-state index contributed by atoms with van der Waals surface area (Å²) in [5.41, 5.74) is 3.70. The molecule has 0 bridgehead atoms. The van der Waals surface area contributed by atoms with Crippen LogP contribution in [0.25, 0.3) is 5.69 Å². The Bertz CT molecular complexity index is 1070. The average molecular weight is 423 g/mol. The fourth-order valence-electron chi connectivity index (χ4n) is 3.82. The number of para-hydroxylation sites is 1. The van der Waals surface area contributed by atoms with E-state index in [0.29, 0.717) is 48.0 Å². The highest BCUT2D eigenvalue weighted by atomic mass is 35.5. The van der Waals surface area contributed by atoms with E-state index in [-0.39, 0.29) is 11.8 Å². The second-order valence-electron chi connectivity index (χ2n) is 7.38. The predicted molar refractivity (Wildman–Crippen MR) is 116 cm³/mol. The third-order valence-electron chi connectivity index (χ3n) is 5.45. The van der Waals surface area contributed by atoms with Crippen LogP contribution in [0, 0.1) is 13.8 Å². The maximum absolute atomic E-state index is 13.2. The van der Waals surface area contributed by atoms with Gasteiger partial charge in [0.15, 0.2) is 0 Å². The van der Waals surface area contributed by atoms with Gasteiger partial charge in [0.25, 0.3) is 11.8 Å². The number of piperazine rings is 1. The number of aryl methyl sites for hydroxylation is 1. The molecule has 2 aromatic carbocycles. The minimum Gasteiger partial charge on any atom is -0.335 e. The number of rotatable bonds is 3. The van der Waals surface area contributed by atoms with Crippen molar-refractivity contribution < 1.29 is 9.59 Å². The molecule has 0 atom stereocenters. The fourth-order valence-corrected chi connectivity index (χ4v) is 3.94. The highest BCUT2D eigenvalue weighted by molar-refractivity contribution is 6.30. The molecule has 0 spiro atoms. The number of carbonyl (C=O) groups is 2. The van der Waals surface area contributed by atoms with E-state index in [0.717, 1.165) is 11.4 Å². The number of benzene rings is 2.